The van der Waals surface area contributed by atoms with Crippen molar-refractivity contribution in [1.82, 2.24) is 5.32 Å². The Balaban J connectivity index is 2.00. The summed E-state index contributed by atoms with van der Waals surface area (Å²) in [7, 11) is 1.80. The van der Waals surface area contributed by atoms with E-state index >= 15 is 0 Å². The van der Waals surface area contributed by atoms with Gasteiger partial charge in [0.05, 0.1) is 13.2 Å². The smallest absolute Gasteiger partial charge is 0.0648 e. The zero-order chi connectivity index (χ0) is 9.86. The van der Waals surface area contributed by atoms with E-state index in [1.165, 1.54) is 25.7 Å². The van der Waals surface area contributed by atoms with Crippen LogP contribution in [0.15, 0.2) is 0 Å². The zero-order valence-electron chi connectivity index (χ0n) is 9.05. The Morgan fingerprint density at radius 1 is 1.50 bits per heavy atom. The Morgan fingerprint density at radius 2 is 2.43 bits per heavy atom. The molecule has 2 saturated heterocycles. The highest BCUT2D eigenvalue weighted by molar-refractivity contribution is 4.99. The maximum atomic E-state index is 5.57. The fourth-order valence-electron chi connectivity index (χ4n) is 2.85. The molecule has 0 aromatic carbocycles. The van der Waals surface area contributed by atoms with Crippen LogP contribution in [0.2, 0.25) is 0 Å². The normalized spacial score (nSPS) is 38.8. The van der Waals surface area contributed by atoms with Gasteiger partial charge in [0.15, 0.2) is 0 Å². The molecule has 0 bridgehead atoms. The van der Waals surface area contributed by atoms with Crippen LogP contribution < -0.4 is 5.32 Å². The number of nitrogens with one attached hydrogen (secondary N) is 1. The summed E-state index contributed by atoms with van der Waals surface area (Å²) >= 11 is 0. The van der Waals surface area contributed by atoms with E-state index in [-0.39, 0.29) is 5.54 Å². The molecule has 14 heavy (non-hydrogen) atoms. The van der Waals surface area contributed by atoms with Crippen molar-refractivity contribution in [3.8, 4) is 0 Å². The van der Waals surface area contributed by atoms with Gasteiger partial charge < -0.3 is 14.8 Å². The Morgan fingerprint density at radius 3 is 3.00 bits per heavy atom. The highest BCUT2D eigenvalue weighted by Crippen LogP contribution is 2.33. The standard InChI is InChI=1S/C11H21NO2/c1-13-9-11(5-3-6-12-11)10-4-2-7-14-8-10/h10,12H,2-9H2,1H3. The molecule has 2 rings (SSSR count). The summed E-state index contributed by atoms with van der Waals surface area (Å²) < 4.78 is 10.9. The molecule has 1 N–H and O–H groups in total. The minimum Gasteiger partial charge on any atom is -0.383 e. The molecular weight excluding hydrogens is 178 g/mol. The average molecular weight is 199 g/mol. The first-order chi connectivity index (χ1) is 6.87. The molecule has 0 aromatic heterocycles. The van der Waals surface area contributed by atoms with E-state index in [2.05, 4.69) is 5.32 Å². The third-order valence-corrected chi connectivity index (χ3v) is 3.62. The van der Waals surface area contributed by atoms with Crippen molar-refractivity contribution >= 4 is 0 Å². The van der Waals surface area contributed by atoms with Gasteiger partial charge >= 0.3 is 0 Å². The number of methoxy groups -OCH3 is 1. The second-order valence-electron chi connectivity index (χ2n) is 4.53. The largest absolute Gasteiger partial charge is 0.383 e. The molecule has 3 nitrogen and oxygen atoms in total. The summed E-state index contributed by atoms with van der Waals surface area (Å²) in [5.41, 5.74) is 0.217. The lowest BCUT2D eigenvalue weighted by Crippen LogP contribution is -2.53. The molecule has 0 spiro atoms. The highest BCUT2D eigenvalue weighted by atomic mass is 16.5. The van der Waals surface area contributed by atoms with Crippen molar-refractivity contribution < 1.29 is 9.47 Å². The van der Waals surface area contributed by atoms with E-state index < -0.39 is 0 Å². The van der Waals surface area contributed by atoms with Crippen LogP contribution in [0.5, 0.6) is 0 Å². The summed E-state index contributed by atoms with van der Waals surface area (Å²) in [6.45, 7) is 3.83. The second kappa shape index (κ2) is 4.60. The predicted octanol–water partition coefficient (Wildman–Crippen LogP) is 1.18. The molecule has 0 amide bonds. The topological polar surface area (TPSA) is 30.5 Å². The highest BCUT2D eigenvalue weighted by Gasteiger charge is 2.41. The average Bonchev–Trinajstić information content (AvgIpc) is 2.70. The molecule has 0 aliphatic carbocycles. The third-order valence-electron chi connectivity index (χ3n) is 3.62. The lowest BCUT2D eigenvalue weighted by Gasteiger charge is -2.39. The van der Waals surface area contributed by atoms with Gasteiger partial charge in [-0.05, 0) is 32.2 Å². The van der Waals surface area contributed by atoms with Crippen LogP contribution in [0.4, 0.5) is 0 Å². The molecule has 2 heterocycles. The zero-order valence-corrected chi connectivity index (χ0v) is 9.05. The minimum atomic E-state index is 0.217. The van der Waals surface area contributed by atoms with Crippen molar-refractivity contribution in [2.75, 3.05) is 33.5 Å². The summed E-state index contributed by atoms with van der Waals surface area (Å²) in [5.74, 6) is 0.652. The first-order valence-corrected chi connectivity index (χ1v) is 5.69. The van der Waals surface area contributed by atoms with Crippen molar-refractivity contribution in [1.29, 1.82) is 0 Å². The van der Waals surface area contributed by atoms with E-state index in [9.17, 15) is 0 Å². The molecule has 0 radical (unpaired) electrons. The van der Waals surface area contributed by atoms with Gasteiger partial charge in [-0.1, -0.05) is 0 Å². The van der Waals surface area contributed by atoms with E-state index in [1.54, 1.807) is 7.11 Å². The Hall–Kier alpha value is -0.120. The van der Waals surface area contributed by atoms with Gasteiger partial charge in [0.1, 0.15) is 0 Å². The molecule has 0 aromatic rings. The van der Waals surface area contributed by atoms with Gasteiger partial charge in [-0.2, -0.15) is 0 Å². The van der Waals surface area contributed by atoms with Gasteiger partial charge in [0, 0.05) is 25.2 Å². The van der Waals surface area contributed by atoms with Crippen molar-refractivity contribution in [2.24, 2.45) is 5.92 Å². The molecule has 82 valence electrons. The van der Waals surface area contributed by atoms with Crippen LogP contribution in [0, 0.1) is 5.92 Å². The summed E-state index contributed by atoms with van der Waals surface area (Å²) in [5, 5.41) is 3.64. The van der Waals surface area contributed by atoms with Gasteiger partial charge in [0.2, 0.25) is 0 Å². The molecule has 2 fully saturated rings. The number of rotatable bonds is 3. The van der Waals surface area contributed by atoms with Crippen LogP contribution in [-0.2, 0) is 9.47 Å². The van der Waals surface area contributed by atoms with Crippen LogP contribution in [0.3, 0.4) is 0 Å². The quantitative estimate of drug-likeness (QED) is 0.740. The summed E-state index contributed by atoms with van der Waals surface area (Å²) in [6.07, 6.45) is 5.02. The first kappa shape index (κ1) is 10.4. The lowest BCUT2D eigenvalue weighted by molar-refractivity contribution is -0.0114. The van der Waals surface area contributed by atoms with Crippen molar-refractivity contribution in [2.45, 2.75) is 31.2 Å². The van der Waals surface area contributed by atoms with Gasteiger partial charge in [0.25, 0.3) is 0 Å². The molecule has 2 unspecified atom stereocenters. The Labute approximate surface area is 86.2 Å². The monoisotopic (exact) mass is 199 g/mol. The molecule has 2 aliphatic heterocycles. The molecule has 0 saturated carbocycles. The Bertz CT molecular complexity index is 172. The minimum absolute atomic E-state index is 0.217. The maximum Gasteiger partial charge on any atom is 0.0648 e. The molecule has 2 aliphatic rings. The Kier molecular flexibility index (Phi) is 3.42. The van der Waals surface area contributed by atoms with Crippen LogP contribution >= 0.6 is 0 Å². The van der Waals surface area contributed by atoms with Gasteiger partial charge in [-0.15, -0.1) is 0 Å². The van der Waals surface area contributed by atoms with E-state index in [0.29, 0.717) is 5.92 Å². The van der Waals surface area contributed by atoms with Gasteiger partial charge in [-0.25, -0.2) is 0 Å². The van der Waals surface area contributed by atoms with Crippen molar-refractivity contribution in [3.63, 3.8) is 0 Å². The fourth-order valence-corrected chi connectivity index (χ4v) is 2.85. The van der Waals surface area contributed by atoms with Crippen molar-refractivity contribution in [3.05, 3.63) is 0 Å². The van der Waals surface area contributed by atoms with Crippen LogP contribution in [0.1, 0.15) is 25.7 Å². The number of ether oxygens (including phenoxy) is 2. The molecule has 2 atom stereocenters. The third kappa shape index (κ3) is 1.95. The fraction of sp³-hybridized carbons (Fsp3) is 1.00. The summed E-state index contributed by atoms with van der Waals surface area (Å²) in [4.78, 5) is 0. The molecule has 3 heteroatoms. The predicted molar refractivity (Wildman–Crippen MR) is 55.4 cm³/mol. The lowest BCUT2D eigenvalue weighted by atomic mass is 9.80. The second-order valence-corrected chi connectivity index (χ2v) is 4.53. The number of hydrogen-bond acceptors (Lipinski definition) is 3. The van der Waals surface area contributed by atoms with E-state index in [0.717, 1.165) is 26.4 Å². The SMILES string of the molecule is COCC1(C2CCCOC2)CCCN1. The van der Waals surface area contributed by atoms with Gasteiger partial charge in [-0.3, -0.25) is 0 Å². The molecular formula is C11H21NO2. The van der Waals surface area contributed by atoms with E-state index in [1.807, 2.05) is 0 Å². The number of hydrogen-bond donors (Lipinski definition) is 1. The van der Waals surface area contributed by atoms with E-state index in [4.69, 9.17) is 9.47 Å². The summed E-state index contributed by atoms with van der Waals surface area (Å²) in [6, 6.07) is 0. The van der Waals surface area contributed by atoms with Crippen LogP contribution in [0.25, 0.3) is 0 Å². The maximum absolute atomic E-state index is 5.57. The first-order valence-electron chi connectivity index (χ1n) is 5.69. The van der Waals surface area contributed by atoms with Crippen LogP contribution in [-0.4, -0.2) is 39.0 Å².